The normalized spacial score (nSPS) is 10.6. The van der Waals surface area contributed by atoms with Crippen molar-refractivity contribution >= 4 is 29.0 Å². The average molecular weight is 374 g/mol. The van der Waals surface area contributed by atoms with Crippen LogP contribution in [0.5, 0.6) is 5.75 Å². The van der Waals surface area contributed by atoms with Gasteiger partial charge in [0.25, 0.3) is 0 Å². The van der Waals surface area contributed by atoms with Gasteiger partial charge in [0.1, 0.15) is 5.75 Å². The molecule has 2 aromatic heterocycles. The maximum atomic E-state index is 12.0. The summed E-state index contributed by atoms with van der Waals surface area (Å²) in [6.45, 7) is 0.564. The number of carbonyl (C=O) groups is 1. The van der Waals surface area contributed by atoms with Gasteiger partial charge in [0.2, 0.25) is 11.1 Å². The number of hydrogen-bond acceptors (Lipinski definition) is 6. The fraction of sp³-hybridized carbons (Fsp3) is 0.235. The van der Waals surface area contributed by atoms with Crippen LogP contribution >= 0.6 is 23.1 Å². The molecular weight excluding hydrogens is 356 g/mol. The van der Waals surface area contributed by atoms with Gasteiger partial charge in [-0.2, -0.15) is 0 Å². The first kappa shape index (κ1) is 17.5. The minimum atomic E-state index is -0.0395. The van der Waals surface area contributed by atoms with E-state index in [1.165, 1.54) is 11.8 Å². The number of rotatable bonds is 8. The lowest BCUT2D eigenvalue weighted by Gasteiger charge is -2.08. The SMILES string of the molecule is COc1ccccc1CCNC(=O)CSc1n[nH]c(-c2cccs2)n1. The van der Waals surface area contributed by atoms with Crippen LogP contribution in [-0.2, 0) is 11.2 Å². The number of methoxy groups -OCH3 is 1. The Morgan fingerprint density at radius 1 is 1.32 bits per heavy atom. The van der Waals surface area contributed by atoms with Gasteiger partial charge in [-0.25, -0.2) is 4.98 Å². The smallest absolute Gasteiger partial charge is 0.230 e. The molecule has 8 heteroatoms. The van der Waals surface area contributed by atoms with E-state index in [0.29, 0.717) is 11.7 Å². The fourth-order valence-electron chi connectivity index (χ4n) is 2.26. The highest BCUT2D eigenvalue weighted by atomic mass is 32.2. The molecular formula is C17H18N4O2S2. The molecule has 0 aliphatic heterocycles. The second kappa shape index (κ2) is 8.68. The number of nitrogens with one attached hydrogen (secondary N) is 2. The number of aromatic nitrogens is 3. The highest BCUT2D eigenvalue weighted by Crippen LogP contribution is 2.23. The number of hydrogen-bond donors (Lipinski definition) is 2. The zero-order valence-corrected chi connectivity index (χ0v) is 15.3. The quantitative estimate of drug-likeness (QED) is 0.593. The van der Waals surface area contributed by atoms with E-state index in [1.54, 1.807) is 18.4 Å². The van der Waals surface area contributed by atoms with Crippen LogP contribution in [0.3, 0.4) is 0 Å². The van der Waals surface area contributed by atoms with Crippen LogP contribution < -0.4 is 10.1 Å². The Bertz CT molecular complexity index is 818. The molecule has 0 fully saturated rings. The van der Waals surface area contributed by atoms with Crippen LogP contribution in [0, 0.1) is 0 Å². The van der Waals surface area contributed by atoms with Gasteiger partial charge in [-0.05, 0) is 29.5 Å². The molecule has 0 aliphatic carbocycles. The average Bonchev–Trinajstić information content (AvgIpc) is 3.32. The van der Waals surface area contributed by atoms with E-state index in [9.17, 15) is 4.79 Å². The molecule has 1 aromatic carbocycles. The van der Waals surface area contributed by atoms with Gasteiger partial charge in [0, 0.05) is 6.54 Å². The number of H-pyrrole nitrogens is 1. The van der Waals surface area contributed by atoms with Gasteiger partial charge in [0.15, 0.2) is 5.82 Å². The molecule has 2 N–H and O–H groups in total. The number of nitrogens with zero attached hydrogens (tertiary/aromatic N) is 2. The van der Waals surface area contributed by atoms with Gasteiger partial charge in [-0.15, -0.1) is 16.4 Å². The number of ether oxygens (including phenoxy) is 1. The maximum Gasteiger partial charge on any atom is 0.230 e. The van der Waals surface area contributed by atoms with Crippen LogP contribution in [0.25, 0.3) is 10.7 Å². The van der Waals surface area contributed by atoms with E-state index in [0.717, 1.165) is 28.4 Å². The first-order chi connectivity index (χ1) is 12.3. The van der Waals surface area contributed by atoms with E-state index in [2.05, 4.69) is 20.5 Å². The summed E-state index contributed by atoms with van der Waals surface area (Å²) in [6.07, 6.45) is 0.726. The van der Waals surface area contributed by atoms with Crippen LogP contribution in [-0.4, -0.2) is 40.5 Å². The molecule has 0 spiro atoms. The van der Waals surface area contributed by atoms with Crippen molar-refractivity contribution in [2.75, 3.05) is 19.4 Å². The molecule has 130 valence electrons. The lowest BCUT2D eigenvalue weighted by atomic mass is 10.1. The predicted octanol–water partition coefficient (Wildman–Crippen LogP) is 2.99. The molecule has 25 heavy (non-hydrogen) atoms. The molecule has 0 bridgehead atoms. The van der Waals surface area contributed by atoms with E-state index in [-0.39, 0.29) is 11.7 Å². The third-order valence-electron chi connectivity index (χ3n) is 3.46. The first-order valence-corrected chi connectivity index (χ1v) is 9.60. The van der Waals surface area contributed by atoms with Crippen LogP contribution in [0.1, 0.15) is 5.56 Å². The van der Waals surface area contributed by atoms with E-state index < -0.39 is 0 Å². The number of amides is 1. The minimum Gasteiger partial charge on any atom is -0.496 e. The number of thiophene rings is 1. The molecule has 0 atom stereocenters. The minimum absolute atomic E-state index is 0.0395. The predicted molar refractivity (Wildman–Crippen MR) is 100 cm³/mol. The Morgan fingerprint density at radius 2 is 2.20 bits per heavy atom. The molecule has 1 amide bonds. The number of thioether (sulfide) groups is 1. The van der Waals surface area contributed by atoms with Crippen molar-refractivity contribution in [3.63, 3.8) is 0 Å². The molecule has 0 unspecified atom stereocenters. The number of carbonyl (C=O) groups excluding carboxylic acids is 1. The third-order valence-corrected chi connectivity index (χ3v) is 5.18. The number of aromatic amines is 1. The van der Waals surface area contributed by atoms with Crippen LogP contribution in [0.15, 0.2) is 46.9 Å². The lowest BCUT2D eigenvalue weighted by Crippen LogP contribution is -2.27. The Balaban J connectivity index is 1.42. The maximum absolute atomic E-state index is 12.0. The second-order valence-corrected chi connectivity index (χ2v) is 7.03. The van der Waals surface area contributed by atoms with Crippen LogP contribution in [0.4, 0.5) is 0 Å². The Labute approximate surface area is 154 Å². The summed E-state index contributed by atoms with van der Waals surface area (Å²) in [6, 6.07) is 11.7. The van der Waals surface area contributed by atoms with Gasteiger partial charge >= 0.3 is 0 Å². The second-order valence-electron chi connectivity index (χ2n) is 5.14. The van der Waals surface area contributed by atoms with Gasteiger partial charge in [0.05, 0.1) is 17.7 Å². The van der Waals surface area contributed by atoms with Crippen molar-refractivity contribution in [2.45, 2.75) is 11.6 Å². The third kappa shape index (κ3) is 4.83. The summed E-state index contributed by atoms with van der Waals surface area (Å²) in [7, 11) is 1.65. The van der Waals surface area contributed by atoms with E-state index in [4.69, 9.17) is 4.74 Å². The summed E-state index contributed by atoms with van der Waals surface area (Å²) in [4.78, 5) is 17.4. The molecule has 2 heterocycles. The summed E-state index contributed by atoms with van der Waals surface area (Å²) in [5, 5.41) is 12.5. The Kier molecular flexibility index (Phi) is 6.08. The van der Waals surface area contributed by atoms with Gasteiger partial charge in [-0.1, -0.05) is 36.0 Å². The topological polar surface area (TPSA) is 79.9 Å². The van der Waals surface area contributed by atoms with Crippen molar-refractivity contribution in [1.82, 2.24) is 20.5 Å². The Morgan fingerprint density at radius 3 is 3.00 bits per heavy atom. The van der Waals surface area contributed by atoms with Crippen molar-refractivity contribution in [2.24, 2.45) is 0 Å². The molecule has 0 aliphatic rings. The zero-order chi connectivity index (χ0) is 17.5. The van der Waals surface area contributed by atoms with E-state index >= 15 is 0 Å². The Hall–Kier alpha value is -2.32. The first-order valence-electron chi connectivity index (χ1n) is 7.74. The van der Waals surface area contributed by atoms with Crippen LogP contribution in [0.2, 0.25) is 0 Å². The summed E-state index contributed by atoms with van der Waals surface area (Å²) in [5.41, 5.74) is 1.08. The molecule has 3 aromatic rings. The van der Waals surface area contributed by atoms with Crippen molar-refractivity contribution < 1.29 is 9.53 Å². The highest BCUT2D eigenvalue weighted by molar-refractivity contribution is 7.99. The molecule has 0 saturated heterocycles. The molecule has 0 radical (unpaired) electrons. The zero-order valence-electron chi connectivity index (χ0n) is 13.7. The monoisotopic (exact) mass is 374 g/mol. The van der Waals surface area contributed by atoms with Crippen molar-refractivity contribution in [1.29, 1.82) is 0 Å². The molecule has 0 saturated carbocycles. The summed E-state index contributed by atoms with van der Waals surface area (Å²) >= 11 is 2.91. The summed E-state index contributed by atoms with van der Waals surface area (Å²) in [5.74, 6) is 1.82. The van der Waals surface area contributed by atoms with E-state index in [1.807, 2.05) is 41.8 Å². The molecule has 3 rings (SSSR count). The summed E-state index contributed by atoms with van der Waals surface area (Å²) < 4.78 is 5.31. The van der Waals surface area contributed by atoms with Gasteiger partial charge < -0.3 is 10.1 Å². The number of benzene rings is 1. The molecule has 6 nitrogen and oxygen atoms in total. The van der Waals surface area contributed by atoms with Crippen molar-refractivity contribution in [3.8, 4) is 16.5 Å². The van der Waals surface area contributed by atoms with Gasteiger partial charge in [-0.3, -0.25) is 9.89 Å². The van der Waals surface area contributed by atoms with Crippen molar-refractivity contribution in [3.05, 3.63) is 47.3 Å². The lowest BCUT2D eigenvalue weighted by molar-refractivity contribution is -0.118. The highest BCUT2D eigenvalue weighted by Gasteiger charge is 2.09. The fourth-order valence-corrected chi connectivity index (χ4v) is 3.55. The largest absolute Gasteiger partial charge is 0.496 e. The number of para-hydroxylation sites is 1. The standard InChI is InChI=1S/C17H18N4O2S2/c1-23-13-6-3-2-5-12(13)8-9-18-15(22)11-25-17-19-16(20-21-17)14-7-4-10-24-14/h2-7,10H,8-9,11H2,1H3,(H,18,22)(H,19,20,21).